The monoisotopic (exact) mass is 279 g/mol. The van der Waals surface area contributed by atoms with Crippen molar-refractivity contribution in [1.29, 1.82) is 0 Å². The normalized spacial score (nSPS) is 8.12. The van der Waals surface area contributed by atoms with E-state index < -0.39 is 0 Å². The van der Waals surface area contributed by atoms with Gasteiger partial charge in [-0.25, -0.2) is 5.10 Å². The average Bonchev–Trinajstić information content (AvgIpc) is 2.14. The summed E-state index contributed by atoms with van der Waals surface area (Å²) in [6.45, 7) is 2.98. The third kappa shape index (κ3) is 1.79. The van der Waals surface area contributed by atoms with E-state index >= 15 is 0 Å². The van der Waals surface area contributed by atoms with Crippen LogP contribution in [-0.2, 0) is 27.6 Å². The van der Waals surface area contributed by atoms with E-state index in [0.717, 1.165) is 6.54 Å². The zero-order valence-corrected chi connectivity index (χ0v) is 7.60. The van der Waals surface area contributed by atoms with Gasteiger partial charge in [-0.2, -0.15) is 6.20 Å². The summed E-state index contributed by atoms with van der Waals surface area (Å²) in [6.07, 6.45) is 3.48. The molecule has 44 valence electrons. The van der Waals surface area contributed by atoms with E-state index in [2.05, 4.69) is 11.2 Å². The Morgan fingerprint density at radius 1 is 1.75 bits per heavy atom. The fourth-order valence-electron chi connectivity index (χ4n) is 0.433. The zero-order valence-electron chi connectivity index (χ0n) is 4.66. The maximum absolute atomic E-state index is 3.90. The van der Waals surface area contributed by atoms with Gasteiger partial charge in [-0.3, -0.25) is 0 Å². The molecule has 2 nitrogen and oxygen atoms in total. The molecular weight excluding hydrogens is 272 g/mol. The van der Waals surface area contributed by atoms with Crippen molar-refractivity contribution >= 4 is 0 Å². The molecule has 0 unspecified atom stereocenters. The van der Waals surface area contributed by atoms with Gasteiger partial charge in [0.1, 0.15) is 0 Å². The summed E-state index contributed by atoms with van der Waals surface area (Å²) in [5, 5.41) is 3.90. The summed E-state index contributed by atoms with van der Waals surface area (Å²) in [5.41, 5.74) is 0. The number of hydrogen-bond acceptors (Lipinski definition) is 1. The Hall–Kier alpha value is -0.102. The molecule has 0 saturated heterocycles. The van der Waals surface area contributed by atoms with Crippen molar-refractivity contribution in [2.75, 3.05) is 0 Å². The molecule has 1 aromatic heterocycles. The molecule has 8 heavy (non-hydrogen) atoms. The van der Waals surface area contributed by atoms with Crippen LogP contribution >= 0.6 is 0 Å². The van der Waals surface area contributed by atoms with Crippen LogP contribution in [0.3, 0.4) is 0 Å². The van der Waals surface area contributed by atoms with Crippen LogP contribution in [0.15, 0.2) is 12.4 Å². The molecule has 0 bridgehead atoms. The summed E-state index contributed by atoms with van der Waals surface area (Å²) >= 11 is 0. The van der Waals surface area contributed by atoms with Crippen LogP contribution in [0, 0.1) is 6.07 Å². The van der Waals surface area contributed by atoms with E-state index in [1.807, 2.05) is 17.8 Å². The molecule has 0 aliphatic rings. The fraction of sp³-hybridized carbons (Fsp3) is 0.400. The van der Waals surface area contributed by atoms with Crippen molar-refractivity contribution < 1.29 is 21.1 Å². The van der Waals surface area contributed by atoms with Crippen molar-refractivity contribution in [3.8, 4) is 0 Å². The third-order valence-corrected chi connectivity index (χ3v) is 0.828. The Balaban J connectivity index is 0.000000490. The van der Waals surface area contributed by atoms with Gasteiger partial charge >= 0.3 is 0 Å². The van der Waals surface area contributed by atoms with Crippen LogP contribution in [0.2, 0.25) is 0 Å². The standard InChI is InChI=1S/C5H7N2.W/c1-2-7-5-3-4-6-7;/h4-5H,2H2,1H3;/q-1;. The van der Waals surface area contributed by atoms with Crippen molar-refractivity contribution in [2.45, 2.75) is 13.5 Å². The predicted octanol–water partition coefficient (Wildman–Crippen LogP) is 0.701. The molecule has 3 heteroatoms. The van der Waals surface area contributed by atoms with Gasteiger partial charge in [0.15, 0.2) is 0 Å². The largest absolute Gasteiger partial charge is 0.432 e. The second-order valence-electron chi connectivity index (χ2n) is 1.30. The van der Waals surface area contributed by atoms with Gasteiger partial charge in [-0.15, -0.1) is 6.20 Å². The van der Waals surface area contributed by atoms with Gasteiger partial charge in [-0.05, 0) is 6.92 Å². The first-order chi connectivity index (χ1) is 3.43. The van der Waals surface area contributed by atoms with Gasteiger partial charge in [-0.1, -0.05) is 0 Å². The van der Waals surface area contributed by atoms with Gasteiger partial charge in [0.05, 0.1) is 0 Å². The first kappa shape index (κ1) is 7.90. The molecule has 0 aliphatic carbocycles. The zero-order chi connectivity index (χ0) is 5.11. The van der Waals surface area contributed by atoms with Crippen LogP contribution in [0.5, 0.6) is 0 Å². The SMILES string of the molecule is CCn1c[c-]cn1.[W]. The molecule has 0 fully saturated rings. The van der Waals surface area contributed by atoms with Crippen LogP contribution in [-0.4, -0.2) is 9.78 Å². The van der Waals surface area contributed by atoms with Crippen molar-refractivity contribution in [2.24, 2.45) is 0 Å². The summed E-state index contributed by atoms with van der Waals surface area (Å²) in [4.78, 5) is 0. The number of nitrogens with zero attached hydrogens (tertiary/aromatic N) is 2. The van der Waals surface area contributed by atoms with Crippen molar-refractivity contribution in [3.05, 3.63) is 18.5 Å². The van der Waals surface area contributed by atoms with E-state index in [9.17, 15) is 0 Å². The van der Waals surface area contributed by atoms with Crippen LogP contribution in [0.1, 0.15) is 6.92 Å². The second kappa shape index (κ2) is 3.85. The number of hydrogen-bond donors (Lipinski definition) is 0. The van der Waals surface area contributed by atoms with E-state index in [1.165, 1.54) is 0 Å². The van der Waals surface area contributed by atoms with Crippen LogP contribution < -0.4 is 0 Å². The Morgan fingerprint density at radius 2 is 2.50 bits per heavy atom. The summed E-state index contributed by atoms with van der Waals surface area (Å²) in [5.74, 6) is 0. The Morgan fingerprint density at radius 3 is 2.75 bits per heavy atom. The molecule has 0 N–H and O–H groups in total. The molecule has 0 spiro atoms. The van der Waals surface area contributed by atoms with E-state index in [-0.39, 0.29) is 21.1 Å². The van der Waals surface area contributed by atoms with E-state index in [4.69, 9.17) is 0 Å². The Kier molecular flexibility index (Phi) is 3.80. The van der Waals surface area contributed by atoms with Crippen molar-refractivity contribution in [1.82, 2.24) is 9.78 Å². The number of aromatic nitrogens is 2. The molecule has 1 rings (SSSR count). The maximum atomic E-state index is 3.90. The van der Waals surface area contributed by atoms with Crippen molar-refractivity contribution in [3.63, 3.8) is 0 Å². The first-order valence-corrected chi connectivity index (χ1v) is 2.32. The second-order valence-corrected chi connectivity index (χ2v) is 1.30. The van der Waals surface area contributed by atoms with Crippen LogP contribution in [0.25, 0.3) is 0 Å². The quantitative estimate of drug-likeness (QED) is 0.692. The topological polar surface area (TPSA) is 17.8 Å². The average molecular weight is 279 g/mol. The fourth-order valence-corrected chi connectivity index (χ4v) is 0.433. The molecule has 0 radical (unpaired) electrons. The minimum Gasteiger partial charge on any atom is -0.432 e. The summed E-state index contributed by atoms with van der Waals surface area (Å²) in [6, 6.07) is 2.83. The molecule has 0 saturated carbocycles. The predicted molar refractivity (Wildman–Crippen MR) is 26.7 cm³/mol. The number of aryl methyl sites for hydroxylation is 1. The van der Waals surface area contributed by atoms with Gasteiger partial charge < -0.3 is 10.7 Å². The maximum Gasteiger partial charge on any atom is 0.0346 e. The minimum absolute atomic E-state index is 0. The Labute approximate surface area is 63.2 Å². The van der Waals surface area contributed by atoms with Gasteiger partial charge in [0.2, 0.25) is 0 Å². The number of rotatable bonds is 1. The molecule has 0 atom stereocenters. The van der Waals surface area contributed by atoms with E-state index in [0.29, 0.717) is 0 Å². The third-order valence-electron chi connectivity index (χ3n) is 0.828. The molecule has 0 aromatic carbocycles. The van der Waals surface area contributed by atoms with E-state index in [1.54, 1.807) is 6.20 Å². The molecule has 1 aromatic rings. The Bertz CT molecular complexity index is 125. The smallest absolute Gasteiger partial charge is 0.0346 e. The molecule has 0 amide bonds. The summed E-state index contributed by atoms with van der Waals surface area (Å²) in [7, 11) is 0. The molecule has 0 aliphatic heterocycles. The summed E-state index contributed by atoms with van der Waals surface area (Å²) < 4.78 is 1.82. The van der Waals surface area contributed by atoms with Crippen LogP contribution in [0.4, 0.5) is 0 Å². The van der Waals surface area contributed by atoms with Gasteiger partial charge in [0.25, 0.3) is 0 Å². The molecular formula is C5H7N2W-. The first-order valence-electron chi connectivity index (χ1n) is 2.32. The molecule has 1 heterocycles. The minimum atomic E-state index is 0. The van der Waals surface area contributed by atoms with Gasteiger partial charge in [0, 0.05) is 27.6 Å².